The van der Waals surface area contributed by atoms with Gasteiger partial charge in [-0.3, -0.25) is 9.47 Å². The molecule has 0 spiro atoms. The molecule has 0 saturated carbocycles. The number of halogens is 1. The number of likely N-dealkylation sites (N-methyl/N-ethyl adjacent to an activating group) is 1. The Morgan fingerprint density at radius 1 is 1.30 bits per heavy atom. The molecule has 27 heavy (non-hydrogen) atoms. The second-order valence-electron chi connectivity index (χ2n) is 8.65. The highest BCUT2D eigenvalue weighted by Gasteiger charge is 2.25. The standard InChI is InChI=1S/C22H29BrN2O2/c1-14-7-9-17(24(6)12-14)11-16-13-25(21(26)27-22(3,4)5)20-15(2)8-10-18(23)19(16)20/h7-8,10,13,17H,9,11-12H2,1-6H3/t17-/m0/s1. The zero-order chi connectivity index (χ0) is 19.9. The van der Waals surface area contributed by atoms with Gasteiger partial charge >= 0.3 is 6.09 Å². The molecule has 0 radical (unpaired) electrons. The van der Waals surface area contributed by atoms with Gasteiger partial charge in [0.2, 0.25) is 0 Å². The smallest absolute Gasteiger partial charge is 0.419 e. The molecule has 1 aromatic heterocycles. The van der Waals surface area contributed by atoms with Gasteiger partial charge in [0.05, 0.1) is 5.52 Å². The van der Waals surface area contributed by atoms with Crippen LogP contribution in [0.25, 0.3) is 10.9 Å². The molecule has 4 nitrogen and oxygen atoms in total. The maximum absolute atomic E-state index is 12.9. The SMILES string of the molecule is CC1=CC[C@@H](Cc2cn(C(=O)OC(C)(C)C)c3c(C)ccc(Br)c23)N(C)C1. The highest BCUT2D eigenvalue weighted by molar-refractivity contribution is 9.10. The highest BCUT2D eigenvalue weighted by atomic mass is 79.9. The molecule has 0 fully saturated rings. The third-order valence-electron chi connectivity index (χ3n) is 5.08. The molecule has 1 aliphatic rings. The van der Waals surface area contributed by atoms with E-state index < -0.39 is 5.60 Å². The van der Waals surface area contributed by atoms with E-state index in [4.69, 9.17) is 4.74 Å². The molecule has 1 atom stereocenters. The summed E-state index contributed by atoms with van der Waals surface area (Å²) >= 11 is 3.70. The van der Waals surface area contributed by atoms with Crippen LogP contribution in [0.5, 0.6) is 0 Å². The number of nitrogens with zero attached hydrogens (tertiary/aromatic N) is 2. The van der Waals surface area contributed by atoms with Crippen LogP contribution in [-0.4, -0.2) is 40.8 Å². The van der Waals surface area contributed by atoms with Gasteiger partial charge in [-0.05, 0) is 71.7 Å². The second kappa shape index (κ2) is 7.44. The number of fused-ring (bicyclic) bond motifs is 1. The van der Waals surface area contributed by atoms with E-state index in [2.05, 4.69) is 46.9 Å². The van der Waals surface area contributed by atoms with Crippen LogP contribution in [0.2, 0.25) is 0 Å². The quantitative estimate of drug-likeness (QED) is 0.571. The van der Waals surface area contributed by atoms with Crippen molar-refractivity contribution in [2.24, 2.45) is 0 Å². The number of hydrogen-bond donors (Lipinski definition) is 0. The fourth-order valence-corrected chi connectivity index (χ4v) is 4.35. The fourth-order valence-electron chi connectivity index (χ4n) is 3.78. The molecule has 0 aliphatic carbocycles. The van der Waals surface area contributed by atoms with Crippen molar-refractivity contribution in [3.63, 3.8) is 0 Å². The molecular formula is C22H29BrN2O2. The molecule has 0 bridgehead atoms. The molecule has 0 unspecified atom stereocenters. The minimum absolute atomic E-state index is 0.326. The van der Waals surface area contributed by atoms with Crippen molar-refractivity contribution in [2.75, 3.05) is 13.6 Å². The summed E-state index contributed by atoms with van der Waals surface area (Å²) in [6.45, 7) is 10.9. The molecule has 1 aromatic carbocycles. The molecule has 0 amide bonds. The van der Waals surface area contributed by atoms with Gasteiger partial charge in [-0.1, -0.05) is 33.6 Å². The minimum atomic E-state index is -0.528. The summed E-state index contributed by atoms with van der Waals surface area (Å²) in [5.74, 6) is 0. The Morgan fingerprint density at radius 3 is 2.63 bits per heavy atom. The Bertz CT molecular complexity index is 905. The summed E-state index contributed by atoms with van der Waals surface area (Å²) in [6, 6.07) is 4.53. The summed E-state index contributed by atoms with van der Waals surface area (Å²) in [4.78, 5) is 15.3. The van der Waals surface area contributed by atoms with Gasteiger partial charge in [0.15, 0.2) is 0 Å². The van der Waals surface area contributed by atoms with Crippen LogP contribution < -0.4 is 0 Å². The second-order valence-corrected chi connectivity index (χ2v) is 9.51. The van der Waals surface area contributed by atoms with Gasteiger partial charge in [-0.2, -0.15) is 0 Å². The molecule has 1 aliphatic heterocycles. The fraction of sp³-hybridized carbons (Fsp3) is 0.500. The van der Waals surface area contributed by atoms with Gasteiger partial charge in [-0.25, -0.2) is 4.79 Å². The van der Waals surface area contributed by atoms with Crippen molar-refractivity contribution in [1.29, 1.82) is 0 Å². The van der Waals surface area contributed by atoms with Gasteiger partial charge in [-0.15, -0.1) is 0 Å². The number of hydrogen-bond acceptors (Lipinski definition) is 3. The molecule has 2 heterocycles. The van der Waals surface area contributed by atoms with Gasteiger partial charge in [0.1, 0.15) is 5.60 Å². The van der Waals surface area contributed by atoms with Crippen LogP contribution in [0, 0.1) is 6.92 Å². The number of ether oxygens (including phenoxy) is 1. The summed E-state index contributed by atoms with van der Waals surface area (Å²) in [7, 11) is 2.18. The first-order valence-electron chi connectivity index (χ1n) is 9.45. The maximum atomic E-state index is 12.9. The summed E-state index contributed by atoms with van der Waals surface area (Å²) in [5.41, 5.74) is 4.06. The van der Waals surface area contributed by atoms with Crippen LogP contribution in [-0.2, 0) is 11.2 Å². The lowest BCUT2D eigenvalue weighted by molar-refractivity contribution is 0.0544. The molecule has 0 saturated heterocycles. The van der Waals surface area contributed by atoms with Crippen LogP contribution in [0.15, 0.2) is 34.5 Å². The van der Waals surface area contributed by atoms with Crippen molar-refractivity contribution in [2.45, 2.75) is 59.1 Å². The molecule has 3 rings (SSSR count). The summed E-state index contributed by atoms with van der Waals surface area (Å²) in [6.07, 6.45) is 5.90. The first-order chi connectivity index (χ1) is 12.6. The maximum Gasteiger partial charge on any atom is 0.419 e. The molecule has 2 aromatic rings. The van der Waals surface area contributed by atoms with E-state index >= 15 is 0 Å². The number of carbonyl (C=O) groups excluding carboxylic acids is 1. The van der Waals surface area contributed by atoms with E-state index in [0.29, 0.717) is 6.04 Å². The predicted molar refractivity (Wildman–Crippen MR) is 115 cm³/mol. The van der Waals surface area contributed by atoms with Crippen molar-refractivity contribution < 1.29 is 9.53 Å². The first-order valence-corrected chi connectivity index (χ1v) is 10.2. The average Bonchev–Trinajstić information content (AvgIpc) is 2.93. The van der Waals surface area contributed by atoms with E-state index in [-0.39, 0.29) is 6.09 Å². The normalized spacial score (nSPS) is 18.6. The minimum Gasteiger partial charge on any atom is -0.443 e. The van der Waals surface area contributed by atoms with E-state index in [9.17, 15) is 4.79 Å². The van der Waals surface area contributed by atoms with Crippen molar-refractivity contribution >= 4 is 32.9 Å². The Kier molecular flexibility index (Phi) is 5.55. The number of aromatic nitrogens is 1. The van der Waals surface area contributed by atoms with Crippen LogP contribution in [0.1, 0.15) is 45.2 Å². The number of aryl methyl sites for hydroxylation is 1. The van der Waals surface area contributed by atoms with Crippen LogP contribution >= 0.6 is 15.9 Å². The van der Waals surface area contributed by atoms with Crippen molar-refractivity contribution in [1.82, 2.24) is 9.47 Å². The van der Waals surface area contributed by atoms with E-state index in [0.717, 1.165) is 40.3 Å². The first kappa shape index (κ1) is 20.2. The topological polar surface area (TPSA) is 34.5 Å². The van der Waals surface area contributed by atoms with E-state index in [1.54, 1.807) is 4.57 Å². The molecular weight excluding hydrogens is 404 g/mol. The Balaban J connectivity index is 2.06. The highest BCUT2D eigenvalue weighted by Crippen LogP contribution is 2.34. The van der Waals surface area contributed by atoms with Crippen molar-refractivity contribution in [3.8, 4) is 0 Å². The van der Waals surface area contributed by atoms with Gasteiger partial charge < -0.3 is 4.74 Å². The van der Waals surface area contributed by atoms with Crippen LogP contribution in [0.4, 0.5) is 4.79 Å². The average molecular weight is 433 g/mol. The summed E-state index contributed by atoms with van der Waals surface area (Å²) in [5, 5.41) is 1.11. The molecule has 0 N–H and O–H groups in total. The Hall–Kier alpha value is -1.59. The van der Waals surface area contributed by atoms with Gasteiger partial charge in [0, 0.05) is 28.6 Å². The monoisotopic (exact) mass is 432 g/mol. The van der Waals surface area contributed by atoms with Crippen LogP contribution in [0.3, 0.4) is 0 Å². The number of rotatable bonds is 2. The third kappa shape index (κ3) is 4.30. The molecule has 146 valence electrons. The van der Waals surface area contributed by atoms with Crippen molar-refractivity contribution in [3.05, 3.63) is 45.6 Å². The number of benzene rings is 1. The number of carbonyl (C=O) groups is 1. The van der Waals surface area contributed by atoms with Gasteiger partial charge in [0.25, 0.3) is 0 Å². The Morgan fingerprint density at radius 2 is 2.00 bits per heavy atom. The zero-order valence-electron chi connectivity index (χ0n) is 17.1. The summed E-state index contributed by atoms with van der Waals surface area (Å²) < 4.78 is 8.35. The largest absolute Gasteiger partial charge is 0.443 e. The van der Waals surface area contributed by atoms with E-state index in [1.807, 2.05) is 40.0 Å². The molecule has 5 heteroatoms. The zero-order valence-corrected chi connectivity index (χ0v) is 18.7. The Labute approximate surface area is 170 Å². The lowest BCUT2D eigenvalue weighted by atomic mass is 9.97. The lowest BCUT2D eigenvalue weighted by Gasteiger charge is -2.31. The third-order valence-corrected chi connectivity index (χ3v) is 5.74. The van der Waals surface area contributed by atoms with E-state index in [1.165, 1.54) is 11.1 Å². The lowest BCUT2D eigenvalue weighted by Crippen LogP contribution is -2.37. The predicted octanol–water partition coefficient (Wildman–Crippen LogP) is 5.69.